The third kappa shape index (κ3) is 2.47. The van der Waals surface area contributed by atoms with E-state index in [2.05, 4.69) is 12.2 Å². The van der Waals surface area contributed by atoms with Crippen molar-refractivity contribution in [2.45, 2.75) is 13.3 Å². The lowest BCUT2D eigenvalue weighted by Gasteiger charge is -2.07. The van der Waals surface area contributed by atoms with Gasteiger partial charge in [0.1, 0.15) is 0 Å². The van der Waals surface area contributed by atoms with Crippen LogP contribution in [0.25, 0.3) is 0 Å². The summed E-state index contributed by atoms with van der Waals surface area (Å²) in [6.45, 7) is 2.91. The van der Waals surface area contributed by atoms with Crippen molar-refractivity contribution in [3.8, 4) is 0 Å². The van der Waals surface area contributed by atoms with Crippen molar-refractivity contribution in [3.05, 3.63) is 28.8 Å². The number of carbonyl (C=O) groups is 1. The summed E-state index contributed by atoms with van der Waals surface area (Å²) in [5, 5.41) is 3.41. The van der Waals surface area contributed by atoms with Gasteiger partial charge in [-0.25, -0.2) is 0 Å². The van der Waals surface area contributed by atoms with E-state index in [1.165, 1.54) is 6.42 Å². The predicted molar refractivity (Wildman–Crippen MR) is 65.5 cm³/mol. The van der Waals surface area contributed by atoms with Crippen molar-refractivity contribution in [1.82, 2.24) is 5.32 Å². The quantitative estimate of drug-likeness (QED) is 0.794. The van der Waals surface area contributed by atoms with Crippen LogP contribution < -0.4 is 11.1 Å². The second kappa shape index (κ2) is 4.34. The number of halogens is 1. The molecule has 3 nitrogen and oxygen atoms in total. The second-order valence-electron chi connectivity index (χ2n) is 4.41. The zero-order valence-electron chi connectivity index (χ0n) is 9.16. The molecule has 0 aliphatic heterocycles. The van der Waals surface area contributed by atoms with Crippen molar-refractivity contribution in [1.29, 1.82) is 0 Å². The molecule has 1 fully saturated rings. The van der Waals surface area contributed by atoms with Crippen LogP contribution in [-0.4, -0.2) is 12.5 Å². The van der Waals surface area contributed by atoms with Crippen LogP contribution in [0.2, 0.25) is 5.02 Å². The van der Waals surface area contributed by atoms with Crippen LogP contribution in [0.4, 0.5) is 5.69 Å². The summed E-state index contributed by atoms with van der Waals surface area (Å²) in [7, 11) is 0. The van der Waals surface area contributed by atoms with Gasteiger partial charge in [0.2, 0.25) is 0 Å². The lowest BCUT2D eigenvalue weighted by molar-refractivity contribution is 0.0952. The third-order valence-corrected chi connectivity index (χ3v) is 3.30. The minimum absolute atomic E-state index is 0.140. The standard InChI is InChI=1S/C12H15ClN2O/c1-7-4-8(7)6-15-12(16)10-5-9(13)2-3-11(10)14/h2-3,5,7-8H,4,6,14H2,1H3,(H,15,16). The number of hydrogen-bond acceptors (Lipinski definition) is 2. The third-order valence-electron chi connectivity index (χ3n) is 3.06. The van der Waals surface area contributed by atoms with Gasteiger partial charge in [-0.1, -0.05) is 18.5 Å². The molecule has 0 heterocycles. The molecular formula is C12H15ClN2O. The van der Waals surface area contributed by atoms with E-state index >= 15 is 0 Å². The Morgan fingerprint density at radius 3 is 2.94 bits per heavy atom. The van der Waals surface area contributed by atoms with Gasteiger partial charge in [-0.3, -0.25) is 4.79 Å². The van der Waals surface area contributed by atoms with Gasteiger partial charge >= 0.3 is 0 Å². The molecule has 0 spiro atoms. The largest absolute Gasteiger partial charge is 0.398 e. The Kier molecular flexibility index (Phi) is 3.06. The van der Waals surface area contributed by atoms with Crippen LogP contribution in [0.3, 0.4) is 0 Å². The highest BCUT2D eigenvalue weighted by molar-refractivity contribution is 6.31. The topological polar surface area (TPSA) is 55.1 Å². The lowest BCUT2D eigenvalue weighted by atomic mass is 10.1. The van der Waals surface area contributed by atoms with Crippen LogP contribution >= 0.6 is 11.6 Å². The van der Waals surface area contributed by atoms with Gasteiger partial charge in [0, 0.05) is 17.3 Å². The Labute approximate surface area is 100.0 Å². The Hall–Kier alpha value is -1.22. The molecule has 2 rings (SSSR count). The number of nitrogen functional groups attached to an aromatic ring is 1. The molecule has 1 aromatic carbocycles. The zero-order chi connectivity index (χ0) is 11.7. The van der Waals surface area contributed by atoms with Gasteiger partial charge in [0.15, 0.2) is 0 Å². The molecule has 1 amide bonds. The number of nitrogens with one attached hydrogen (secondary N) is 1. The van der Waals surface area contributed by atoms with E-state index in [1.807, 2.05) is 0 Å². The molecular weight excluding hydrogens is 224 g/mol. The summed E-state index contributed by atoms with van der Waals surface area (Å²) in [6.07, 6.45) is 1.20. The van der Waals surface area contributed by atoms with Gasteiger partial charge in [0.05, 0.1) is 5.56 Å². The first kappa shape index (κ1) is 11.3. The number of anilines is 1. The van der Waals surface area contributed by atoms with Gasteiger partial charge in [-0.15, -0.1) is 0 Å². The average molecular weight is 239 g/mol. The molecule has 0 radical (unpaired) electrons. The number of nitrogens with two attached hydrogens (primary N) is 1. The number of amides is 1. The molecule has 2 atom stereocenters. The van der Waals surface area contributed by atoms with Crippen molar-refractivity contribution in [2.24, 2.45) is 11.8 Å². The van der Waals surface area contributed by atoms with Crippen LogP contribution in [0.5, 0.6) is 0 Å². The van der Waals surface area contributed by atoms with E-state index in [-0.39, 0.29) is 5.91 Å². The van der Waals surface area contributed by atoms with E-state index in [9.17, 15) is 4.79 Å². The molecule has 0 bridgehead atoms. The van der Waals surface area contributed by atoms with Crippen molar-refractivity contribution < 1.29 is 4.79 Å². The highest BCUT2D eigenvalue weighted by Gasteiger charge is 2.32. The van der Waals surface area contributed by atoms with E-state index < -0.39 is 0 Å². The predicted octanol–water partition coefficient (Wildman–Crippen LogP) is 2.31. The van der Waals surface area contributed by atoms with E-state index in [1.54, 1.807) is 18.2 Å². The van der Waals surface area contributed by atoms with Gasteiger partial charge in [-0.05, 0) is 36.5 Å². The Bertz CT molecular complexity index is 419. The molecule has 0 saturated heterocycles. The number of hydrogen-bond donors (Lipinski definition) is 2. The van der Waals surface area contributed by atoms with E-state index in [4.69, 9.17) is 17.3 Å². The van der Waals surface area contributed by atoms with Crippen molar-refractivity contribution in [2.75, 3.05) is 12.3 Å². The summed E-state index contributed by atoms with van der Waals surface area (Å²) in [6, 6.07) is 4.93. The summed E-state index contributed by atoms with van der Waals surface area (Å²) in [5.74, 6) is 1.22. The molecule has 16 heavy (non-hydrogen) atoms. The Morgan fingerprint density at radius 1 is 1.62 bits per heavy atom. The summed E-state index contributed by atoms with van der Waals surface area (Å²) >= 11 is 5.82. The highest BCUT2D eigenvalue weighted by Crippen LogP contribution is 2.36. The fourth-order valence-electron chi connectivity index (χ4n) is 1.73. The van der Waals surface area contributed by atoms with Gasteiger partial charge in [-0.2, -0.15) is 0 Å². The molecule has 3 N–H and O–H groups in total. The summed E-state index contributed by atoms with van der Waals surface area (Å²) < 4.78 is 0. The molecule has 1 aliphatic rings. The number of carbonyl (C=O) groups excluding carboxylic acids is 1. The smallest absolute Gasteiger partial charge is 0.253 e. The van der Waals surface area contributed by atoms with Crippen LogP contribution in [0, 0.1) is 11.8 Å². The average Bonchev–Trinajstić information content (AvgIpc) is 2.95. The zero-order valence-corrected chi connectivity index (χ0v) is 9.92. The van der Waals surface area contributed by atoms with Crippen molar-refractivity contribution in [3.63, 3.8) is 0 Å². The molecule has 2 unspecified atom stereocenters. The first-order chi connectivity index (χ1) is 7.58. The molecule has 0 aromatic heterocycles. The maximum absolute atomic E-state index is 11.8. The molecule has 1 saturated carbocycles. The van der Waals surface area contributed by atoms with Crippen LogP contribution in [-0.2, 0) is 0 Å². The Balaban J connectivity index is 1.99. The normalized spacial score (nSPS) is 22.9. The second-order valence-corrected chi connectivity index (χ2v) is 4.85. The first-order valence-electron chi connectivity index (χ1n) is 5.41. The number of benzene rings is 1. The molecule has 86 valence electrons. The van der Waals surface area contributed by atoms with E-state index in [0.29, 0.717) is 22.2 Å². The minimum atomic E-state index is -0.140. The highest BCUT2D eigenvalue weighted by atomic mass is 35.5. The van der Waals surface area contributed by atoms with Gasteiger partial charge in [0.25, 0.3) is 5.91 Å². The molecule has 1 aromatic rings. The first-order valence-corrected chi connectivity index (χ1v) is 5.79. The fraction of sp³-hybridized carbons (Fsp3) is 0.417. The summed E-state index contributed by atoms with van der Waals surface area (Å²) in [5.41, 5.74) is 6.64. The maximum Gasteiger partial charge on any atom is 0.253 e. The minimum Gasteiger partial charge on any atom is -0.398 e. The number of rotatable bonds is 3. The SMILES string of the molecule is CC1CC1CNC(=O)c1cc(Cl)ccc1N. The van der Waals surface area contributed by atoms with Crippen LogP contribution in [0.15, 0.2) is 18.2 Å². The molecule has 1 aliphatic carbocycles. The monoisotopic (exact) mass is 238 g/mol. The van der Waals surface area contributed by atoms with E-state index in [0.717, 1.165) is 12.5 Å². The molecule has 4 heteroatoms. The van der Waals surface area contributed by atoms with Gasteiger partial charge < -0.3 is 11.1 Å². The summed E-state index contributed by atoms with van der Waals surface area (Å²) in [4.78, 5) is 11.8. The van der Waals surface area contributed by atoms with Crippen molar-refractivity contribution >= 4 is 23.2 Å². The Morgan fingerprint density at radius 2 is 2.31 bits per heavy atom. The van der Waals surface area contributed by atoms with Crippen LogP contribution in [0.1, 0.15) is 23.7 Å². The maximum atomic E-state index is 11.8. The fourth-order valence-corrected chi connectivity index (χ4v) is 1.90. The lowest BCUT2D eigenvalue weighted by Crippen LogP contribution is -2.26.